The Morgan fingerprint density at radius 2 is 1.75 bits per heavy atom. The number of anilines is 1. The topological polar surface area (TPSA) is 113 Å². The van der Waals surface area contributed by atoms with Crippen LogP contribution in [0.5, 0.6) is 23.0 Å². The number of aryl methyl sites for hydroxylation is 1. The van der Waals surface area contributed by atoms with E-state index in [4.69, 9.17) is 14.2 Å². The van der Waals surface area contributed by atoms with Gasteiger partial charge in [-0.25, -0.2) is 9.97 Å². The highest BCUT2D eigenvalue weighted by molar-refractivity contribution is 5.92. The molecule has 1 aromatic carbocycles. The minimum Gasteiger partial charge on any atom is -0.493 e. The second-order valence-electron chi connectivity index (χ2n) is 6.96. The summed E-state index contributed by atoms with van der Waals surface area (Å²) in [6.07, 6.45) is 6.33. The van der Waals surface area contributed by atoms with E-state index in [2.05, 4.69) is 25.4 Å². The molecule has 0 aliphatic rings. The van der Waals surface area contributed by atoms with Crippen LogP contribution in [0.3, 0.4) is 0 Å². The normalized spacial score (nSPS) is 10.8. The number of hydrogen-bond acceptors (Lipinski definition) is 8. The molecule has 0 fully saturated rings. The average molecular weight is 434 g/mol. The van der Waals surface area contributed by atoms with Crippen LogP contribution < -0.4 is 19.5 Å². The highest BCUT2D eigenvalue weighted by Crippen LogP contribution is 2.36. The number of methoxy groups -OCH3 is 2. The molecule has 3 heterocycles. The van der Waals surface area contributed by atoms with E-state index < -0.39 is 0 Å². The number of nitrogens with one attached hydrogen (secondary N) is 1. The van der Waals surface area contributed by atoms with Crippen molar-refractivity contribution in [3.05, 3.63) is 54.5 Å². The maximum Gasteiger partial charge on any atom is 0.232 e. The molecule has 1 amide bonds. The van der Waals surface area contributed by atoms with Gasteiger partial charge in [0.25, 0.3) is 0 Å². The molecular formula is C22H22N6O4. The van der Waals surface area contributed by atoms with Crippen LogP contribution >= 0.6 is 0 Å². The van der Waals surface area contributed by atoms with Crippen LogP contribution in [-0.2, 0) is 18.3 Å². The molecular weight excluding hydrogens is 412 g/mol. The molecule has 0 saturated heterocycles. The van der Waals surface area contributed by atoms with Gasteiger partial charge in [0.2, 0.25) is 5.91 Å². The SMILES string of the molecule is COc1cc2nccc(Oc3cnc(CC(=O)Nc4cnn(C)c4C)nc3)c2cc1OC. The third-order valence-electron chi connectivity index (χ3n) is 4.94. The summed E-state index contributed by atoms with van der Waals surface area (Å²) in [4.78, 5) is 25.1. The minimum absolute atomic E-state index is 0.0315. The molecule has 0 atom stereocenters. The summed E-state index contributed by atoms with van der Waals surface area (Å²) in [5, 5.41) is 7.67. The summed E-state index contributed by atoms with van der Waals surface area (Å²) < 4.78 is 18.4. The van der Waals surface area contributed by atoms with Crippen molar-refractivity contribution in [2.45, 2.75) is 13.3 Å². The van der Waals surface area contributed by atoms with Crippen molar-refractivity contribution in [3.8, 4) is 23.0 Å². The Balaban J connectivity index is 1.48. The molecule has 0 spiro atoms. The van der Waals surface area contributed by atoms with Crippen molar-refractivity contribution in [2.75, 3.05) is 19.5 Å². The quantitative estimate of drug-likeness (QED) is 0.472. The van der Waals surface area contributed by atoms with Crippen LogP contribution in [0.1, 0.15) is 11.5 Å². The molecule has 3 aromatic heterocycles. The van der Waals surface area contributed by atoms with Gasteiger partial charge in [-0.05, 0) is 19.1 Å². The summed E-state index contributed by atoms with van der Waals surface area (Å²) in [5.74, 6) is 2.30. The van der Waals surface area contributed by atoms with Crippen LogP contribution in [-0.4, -0.2) is 44.9 Å². The van der Waals surface area contributed by atoms with Gasteiger partial charge in [0.05, 0.1) is 56.1 Å². The Morgan fingerprint density at radius 3 is 2.41 bits per heavy atom. The Kier molecular flexibility index (Phi) is 5.84. The second-order valence-corrected chi connectivity index (χ2v) is 6.96. The third kappa shape index (κ3) is 4.29. The Hall–Kier alpha value is -4.21. The standard InChI is InChI=1S/C22H22N6O4/c1-13-17(12-26-28(13)2)27-22(29)9-21-24-10-14(11-25-21)32-18-5-6-23-16-8-20(31-4)19(30-3)7-15(16)18/h5-8,10-12H,9H2,1-4H3,(H,27,29). The van der Waals surface area contributed by atoms with Gasteiger partial charge in [-0.1, -0.05) is 0 Å². The number of amides is 1. The van der Waals surface area contributed by atoms with E-state index in [0.717, 1.165) is 11.1 Å². The van der Waals surface area contributed by atoms with E-state index in [-0.39, 0.29) is 12.3 Å². The molecule has 10 heteroatoms. The first-order valence-corrected chi connectivity index (χ1v) is 9.76. The lowest BCUT2D eigenvalue weighted by Crippen LogP contribution is -2.16. The Labute approximate surface area is 184 Å². The first kappa shape index (κ1) is 21.0. The molecule has 0 unspecified atom stereocenters. The predicted octanol–water partition coefficient (Wildman–Crippen LogP) is 3.06. The van der Waals surface area contributed by atoms with E-state index >= 15 is 0 Å². The predicted molar refractivity (Wildman–Crippen MR) is 117 cm³/mol. The zero-order valence-corrected chi connectivity index (χ0v) is 18.1. The molecule has 0 radical (unpaired) electrons. The average Bonchev–Trinajstić information content (AvgIpc) is 3.11. The molecule has 10 nitrogen and oxygen atoms in total. The number of benzene rings is 1. The number of ether oxygens (including phenoxy) is 3. The van der Waals surface area contributed by atoms with E-state index in [1.165, 1.54) is 12.4 Å². The van der Waals surface area contributed by atoms with Crippen molar-refractivity contribution in [1.82, 2.24) is 24.7 Å². The fourth-order valence-corrected chi connectivity index (χ4v) is 3.11. The van der Waals surface area contributed by atoms with Crippen LogP contribution in [0.15, 0.2) is 43.0 Å². The van der Waals surface area contributed by atoms with Gasteiger partial charge in [0, 0.05) is 24.7 Å². The first-order chi connectivity index (χ1) is 15.5. The van der Waals surface area contributed by atoms with Gasteiger partial charge in [-0.2, -0.15) is 5.10 Å². The number of pyridine rings is 1. The van der Waals surface area contributed by atoms with E-state index in [1.54, 1.807) is 49.5 Å². The van der Waals surface area contributed by atoms with Gasteiger partial charge >= 0.3 is 0 Å². The highest BCUT2D eigenvalue weighted by Gasteiger charge is 2.13. The number of carbonyl (C=O) groups is 1. The minimum atomic E-state index is -0.226. The van der Waals surface area contributed by atoms with E-state index in [9.17, 15) is 4.79 Å². The van der Waals surface area contributed by atoms with Crippen molar-refractivity contribution in [2.24, 2.45) is 7.05 Å². The molecule has 4 rings (SSSR count). The zero-order valence-electron chi connectivity index (χ0n) is 18.1. The van der Waals surface area contributed by atoms with Crippen molar-refractivity contribution < 1.29 is 19.0 Å². The number of rotatable bonds is 7. The molecule has 164 valence electrons. The fourth-order valence-electron chi connectivity index (χ4n) is 3.11. The maximum atomic E-state index is 12.3. The molecule has 4 aromatic rings. The Morgan fingerprint density at radius 1 is 1.03 bits per heavy atom. The van der Waals surface area contributed by atoms with Gasteiger partial charge < -0.3 is 19.5 Å². The van der Waals surface area contributed by atoms with Crippen LogP contribution in [0.2, 0.25) is 0 Å². The molecule has 1 N–H and O–H groups in total. The number of aromatic nitrogens is 5. The molecule has 0 bridgehead atoms. The van der Waals surface area contributed by atoms with Crippen LogP contribution in [0.25, 0.3) is 10.9 Å². The largest absolute Gasteiger partial charge is 0.493 e. The number of fused-ring (bicyclic) bond motifs is 1. The first-order valence-electron chi connectivity index (χ1n) is 9.76. The highest BCUT2D eigenvalue weighted by atomic mass is 16.5. The number of nitrogens with zero attached hydrogens (tertiary/aromatic N) is 5. The van der Waals surface area contributed by atoms with Crippen molar-refractivity contribution in [1.29, 1.82) is 0 Å². The van der Waals surface area contributed by atoms with Crippen LogP contribution in [0, 0.1) is 6.92 Å². The summed E-state index contributed by atoms with van der Waals surface area (Å²) in [5.41, 5.74) is 2.22. The lowest BCUT2D eigenvalue weighted by Gasteiger charge is -2.12. The van der Waals surface area contributed by atoms with Crippen molar-refractivity contribution >= 4 is 22.5 Å². The fraction of sp³-hybridized carbons (Fsp3) is 0.227. The smallest absolute Gasteiger partial charge is 0.232 e. The summed E-state index contributed by atoms with van der Waals surface area (Å²) in [7, 11) is 4.95. The summed E-state index contributed by atoms with van der Waals surface area (Å²) >= 11 is 0. The van der Waals surface area contributed by atoms with Gasteiger partial charge in [-0.3, -0.25) is 14.5 Å². The van der Waals surface area contributed by atoms with Gasteiger partial charge in [-0.15, -0.1) is 0 Å². The molecule has 0 aliphatic carbocycles. The van der Waals surface area contributed by atoms with Gasteiger partial charge in [0.1, 0.15) is 11.6 Å². The van der Waals surface area contributed by atoms with Crippen molar-refractivity contribution in [3.63, 3.8) is 0 Å². The lowest BCUT2D eigenvalue weighted by atomic mass is 10.2. The van der Waals surface area contributed by atoms with E-state index in [1.807, 2.05) is 14.0 Å². The van der Waals surface area contributed by atoms with Crippen LogP contribution in [0.4, 0.5) is 5.69 Å². The number of carbonyl (C=O) groups excluding carboxylic acids is 1. The summed E-state index contributed by atoms with van der Waals surface area (Å²) in [6.45, 7) is 1.87. The summed E-state index contributed by atoms with van der Waals surface area (Å²) in [6, 6.07) is 5.32. The maximum absolute atomic E-state index is 12.3. The van der Waals surface area contributed by atoms with E-state index in [0.29, 0.717) is 40.0 Å². The lowest BCUT2D eigenvalue weighted by molar-refractivity contribution is -0.115. The second kappa shape index (κ2) is 8.88. The number of hydrogen-bond donors (Lipinski definition) is 1. The monoisotopic (exact) mass is 434 g/mol. The Bertz CT molecular complexity index is 1270. The molecule has 0 aliphatic heterocycles. The van der Waals surface area contributed by atoms with Gasteiger partial charge in [0.15, 0.2) is 17.2 Å². The molecule has 0 saturated carbocycles. The zero-order chi connectivity index (χ0) is 22.7. The third-order valence-corrected chi connectivity index (χ3v) is 4.94. The molecule has 32 heavy (non-hydrogen) atoms.